The number of fused-ring (bicyclic) bond motifs is 2. The number of aryl methyl sites for hydroxylation is 1. The maximum Gasteiger partial charge on any atom is 0.264 e. The second-order valence-corrected chi connectivity index (χ2v) is 8.03. The van der Waals surface area contributed by atoms with Crippen molar-refractivity contribution in [3.63, 3.8) is 0 Å². The van der Waals surface area contributed by atoms with Gasteiger partial charge in [0.25, 0.3) is 5.91 Å². The molecule has 19 heavy (non-hydrogen) atoms. The Bertz CT molecular complexity index is 482. The molecule has 0 spiro atoms. The van der Waals surface area contributed by atoms with E-state index >= 15 is 0 Å². The fraction of sp³-hybridized carbons (Fsp3) is 0.643. The molecule has 0 aliphatic carbocycles. The van der Waals surface area contributed by atoms with Crippen LogP contribution in [0.25, 0.3) is 0 Å². The zero-order valence-electron chi connectivity index (χ0n) is 11.4. The number of likely N-dealkylation sites (tertiary alicyclic amines) is 1. The van der Waals surface area contributed by atoms with Crippen molar-refractivity contribution in [1.29, 1.82) is 0 Å². The Balaban J connectivity index is 1.77. The quantitative estimate of drug-likeness (QED) is 0.782. The fourth-order valence-electron chi connectivity index (χ4n) is 3.21. The lowest BCUT2D eigenvalue weighted by atomic mass is 10.1. The van der Waals surface area contributed by atoms with Gasteiger partial charge >= 0.3 is 0 Å². The van der Waals surface area contributed by atoms with Crippen LogP contribution in [0, 0.1) is 6.92 Å². The highest BCUT2D eigenvalue weighted by molar-refractivity contribution is 9.11. The van der Waals surface area contributed by atoms with Gasteiger partial charge in [0.15, 0.2) is 0 Å². The third-order valence-corrected chi connectivity index (χ3v) is 6.63. The summed E-state index contributed by atoms with van der Waals surface area (Å²) in [6.45, 7) is 3.83. The third-order valence-electron chi connectivity index (χ3n) is 4.50. The molecule has 104 valence electrons. The standard InChI is InChI=1S/C14H19BrN2OS/c1-9-7-12(19-13(9)15)14(18)17-6-5-10-3-4-11(8-17)16(10)2/h7,10-11H,3-6,8H2,1-2H3. The van der Waals surface area contributed by atoms with Crippen molar-refractivity contribution in [2.24, 2.45) is 0 Å². The van der Waals surface area contributed by atoms with E-state index in [0.717, 1.165) is 33.7 Å². The molecule has 3 nitrogen and oxygen atoms in total. The topological polar surface area (TPSA) is 23.6 Å². The minimum atomic E-state index is 0.208. The second-order valence-electron chi connectivity index (χ2n) is 5.66. The average molecular weight is 343 g/mol. The average Bonchev–Trinajstić information content (AvgIpc) is 2.80. The van der Waals surface area contributed by atoms with Crippen molar-refractivity contribution in [1.82, 2.24) is 9.80 Å². The number of nitrogens with zero attached hydrogens (tertiary/aromatic N) is 2. The molecule has 1 aromatic rings. The van der Waals surface area contributed by atoms with Gasteiger partial charge in [-0.15, -0.1) is 11.3 Å². The number of carbonyl (C=O) groups is 1. The lowest BCUT2D eigenvalue weighted by Crippen LogP contribution is -2.39. The Morgan fingerprint density at radius 2 is 2.11 bits per heavy atom. The van der Waals surface area contributed by atoms with Crippen LogP contribution in [0.1, 0.15) is 34.5 Å². The molecule has 0 N–H and O–H groups in total. The Morgan fingerprint density at radius 1 is 1.37 bits per heavy atom. The zero-order chi connectivity index (χ0) is 13.6. The van der Waals surface area contributed by atoms with Gasteiger partial charge in [-0.1, -0.05) is 0 Å². The van der Waals surface area contributed by atoms with E-state index in [1.165, 1.54) is 12.8 Å². The van der Waals surface area contributed by atoms with Crippen molar-refractivity contribution in [2.75, 3.05) is 20.1 Å². The molecule has 2 unspecified atom stereocenters. The molecule has 5 heteroatoms. The third kappa shape index (κ3) is 2.48. The van der Waals surface area contributed by atoms with Crippen LogP contribution in [0.15, 0.2) is 9.85 Å². The first-order valence-electron chi connectivity index (χ1n) is 6.83. The highest BCUT2D eigenvalue weighted by Gasteiger charge is 2.36. The summed E-state index contributed by atoms with van der Waals surface area (Å²) in [4.78, 5) is 18.0. The van der Waals surface area contributed by atoms with E-state index in [2.05, 4.69) is 32.8 Å². The van der Waals surface area contributed by atoms with Crippen LogP contribution in [0.4, 0.5) is 0 Å². The maximum absolute atomic E-state index is 12.6. The largest absolute Gasteiger partial charge is 0.336 e. The molecule has 0 saturated carbocycles. The number of carbonyl (C=O) groups excluding carboxylic acids is 1. The summed E-state index contributed by atoms with van der Waals surface area (Å²) < 4.78 is 1.07. The minimum Gasteiger partial charge on any atom is -0.336 e. The number of halogens is 1. The van der Waals surface area contributed by atoms with Gasteiger partial charge in [0.05, 0.1) is 8.66 Å². The zero-order valence-corrected chi connectivity index (χ0v) is 13.8. The van der Waals surface area contributed by atoms with Gasteiger partial charge in [0.2, 0.25) is 0 Å². The molecular formula is C14H19BrN2OS. The summed E-state index contributed by atoms with van der Waals surface area (Å²) in [6.07, 6.45) is 3.65. The number of amides is 1. The van der Waals surface area contributed by atoms with E-state index in [9.17, 15) is 4.79 Å². The molecule has 2 fully saturated rings. The molecule has 0 radical (unpaired) electrons. The summed E-state index contributed by atoms with van der Waals surface area (Å²) in [6, 6.07) is 3.24. The first-order chi connectivity index (χ1) is 9.06. The van der Waals surface area contributed by atoms with Gasteiger partial charge in [-0.25, -0.2) is 0 Å². The molecule has 1 aromatic heterocycles. The fourth-order valence-corrected chi connectivity index (χ4v) is 4.72. The molecule has 2 aliphatic heterocycles. The van der Waals surface area contributed by atoms with Crippen molar-refractivity contribution in [2.45, 2.75) is 38.3 Å². The first-order valence-corrected chi connectivity index (χ1v) is 8.44. The summed E-state index contributed by atoms with van der Waals surface area (Å²) >= 11 is 5.06. The summed E-state index contributed by atoms with van der Waals surface area (Å²) in [5.74, 6) is 0.208. The molecule has 2 aliphatic rings. The normalized spacial score (nSPS) is 27.6. The van der Waals surface area contributed by atoms with Crippen LogP contribution >= 0.6 is 27.3 Å². The van der Waals surface area contributed by atoms with Gasteiger partial charge in [-0.2, -0.15) is 0 Å². The molecule has 0 aromatic carbocycles. The molecule has 3 rings (SSSR count). The van der Waals surface area contributed by atoms with E-state index in [-0.39, 0.29) is 5.91 Å². The Labute approximate surface area is 126 Å². The maximum atomic E-state index is 12.6. The lowest BCUT2D eigenvalue weighted by Gasteiger charge is -2.25. The van der Waals surface area contributed by atoms with Crippen LogP contribution in [-0.4, -0.2) is 47.9 Å². The Hall–Kier alpha value is -0.390. The lowest BCUT2D eigenvalue weighted by molar-refractivity contribution is 0.0745. The van der Waals surface area contributed by atoms with Crippen LogP contribution in [0.2, 0.25) is 0 Å². The molecular weight excluding hydrogens is 324 g/mol. The van der Waals surface area contributed by atoms with Crippen molar-refractivity contribution >= 4 is 33.2 Å². The predicted molar refractivity (Wildman–Crippen MR) is 81.8 cm³/mol. The first kappa shape index (κ1) is 13.6. The van der Waals surface area contributed by atoms with E-state index in [1.54, 1.807) is 11.3 Å². The SMILES string of the molecule is Cc1cc(C(=O)N2CCC3CCC(C2)N3C)sc1Br. The van der Waals surface area contributed by atoms with Gasteiger partial charge < -0.3 is 4.90 Å². The van der Waals surface area contributed by atoms with E-state index < -0.39 is 0 Å². The number of rotatable bonds is 1. The predicted octanol–water partition coefficient (Wildman–Crippen LogP) is 3.13. The number of thiophene rings is 1. The Morgan fingerprint density at radius 3 is 2.79 bits per heavy atom. The van der Waals surface area contributed by atoms with Gasteiger partial charge in [0.1, 0.15) is 0 Å². The number of hydrogen-bond acceptors (Lipinski definition) is 3. The van der Waals surface area contributed by atoms with E-state index in [4.69, 9.17) is 0 Å². The van der Waals surface area contributed by atoms with Crippen LogP contribution < -0.4 is 0 Å². The van der Waals surface area contributed by atoms with E-state index in [0.29, 0.717) is 12.1 Å². The summed E-state index contributed by atoms with van der Waals surface area (Å²) in [7, 11) is 2.21. The number of hydrogen-bond donors (Lipinski definition) is 0. The molecule has 2 saturated heterocycles. The molecule has 2 bridgehead atoms. The summed E-state index contributed by atoms with van der Waals surface area (Å²) in [5, 5.41) is 0. The van der Waals surface area contributed by atoms with Crippen LogP contribution in [0.5, 0.6) is 0 Å². The minimum absolute atomic E-state index is 0.208. The van der Waals surface area contributed by atoms with Crippen LogP contribution in [0.3, 0.4) is 0 Å². The molecule has 1 amide bonds. The number of likely N-dealkylation sites (N-methyl/N-ethyl adjacent to an activating group) is 1. The monoisotopic (exact) mass is 342 g/mol. The van der Waals surface area contributed by atoms with Gasteiger partial charge in [-0.05, 0) is 60.8 Å². The molecule has 3 heterocycles. The Kier molecular flexibility index (Phi) is 3.71. The van der Waals surface area contributed by atoms with E-state index in [1.807, 2.05) is 13.0 Å². The van der Waals surface area contributed by atoms with Crippen LogP contribution in [-0.2, 0) is 0 Å². The molecule has 2 atom stereocenters. The van der Waals surface area contributed by atoms with Crippen molar-refractivity contribution < 1.29 is 4.79 Å². The van der Waals surface area contributed by atoms with Crippen molar-refractivity contribution in [3.8, 4) is 0 Å². The summed E-state index contributed by atoms with van der Waals surface area (Å²) in [5.41, 5.74) is 1.15. The highest BCUT2D eigenvalue weighted by atomic mass is 79.9. The smallest absolute Gasteiger partial charge is 0.264 e. The van der Waals surface area contributed by atoms with Gasteiger partial charge in [-0.3, -0.25) is 9.69 Å². The highest BCUT2D eigenvalue weighted by Crippen LogP contribution is 2.31. The van der Waals surface area contributed by atoms with Gasteiger partial charge in [0, 0.05) is 25.2 Å². The van der Waals surface area contributed by atoms with Crippen molar-refractivity contribution in [3.05, 3.63) is 20.3 Å². The second kappa shape index (κ2) is 5.19.